The normalized spacial score (nSPS) is 14.3. The topological polar surface area (TPSA) is 94.1 Å². The molecule has 1 N–H and O–H groups in total. The molecule has 21 heavy (non-hydrogen) atoms. The number of aliphatic hydroxyl groups is 1. The maximum atomic E-state index is 10.6. The van der Waals surface area contributed by atoms with Gasteiger partial charge < -0.3 is 9.67 Å². The predicted octanol–water partition coefficient (Wildman–Crippen LogP) is 2.31. The smallest absolute Gasteiger partial charge is 0.269 e. The number of nitro benzene ring substituents is 1. The number of nitrogens with zero attached hydrogens (tertiary/aromatic N) is 4. The molecule has 0 unspecified atom stereocenters. The molecule has 0 saturated heterocycles. The van der Waals surface area contributed by atoms with E-state index in [4.69, 9.17) is 0 Å². The molecule has 3 rings (SSSR count). The van der Waals surface area contributed by atoms with Crippen LogP contribution >= 0.6 is 11.8 Å². The van der Waals surface area contributed by atoms with Crippen LogP contribution in [-0.2, 0) is 12.4 Å². The second-order valence-electron chi connectivity index (χ2n) is 4.87. The summed E-state index contributed by atoms with van der Waals surface area (Å²) >= 11 is 1.53. The SMILES string of the molecule is O=[N+]([O-])c1ccc(CSc2nnc(CO)n2C2CC2)cc1. The zero-order chi connectivity index (χ0) is 14.8. The van der Waals surface area contributed by atoms with E-state index < -0.39 is 4.92 Å². The van der Waals surface area contributed by atoms with Crippen molar-refractivity contribution in [2.45, 2.75) is 36.4 Å². The molecule has 0 atom stereocenters. The molecule has 1 saturated carbocycles. The summed E-state index contributed by atoms with van der Waals surface area (Å²) < 4.78 is 2.00. The monoisotopic (exact) mass is 306 g/mol. The van der Waals surface area contributed by atoms with Gasteiger partial charge in [0.15, 0.2) is 11.0 Å². The van der Waals surface area contributed by atoms with Crippen LogP contribution in [0.25, 0.3) is 0 Å². The highest BCUT2D eigenvalue weighted by Gasteiger charge is 2.29. The molecule has 1 aromatic heterocycles. The number of rotatable bonds is 6. The minimum absolute atomic E-state index is 0.0902. The first kappa shape index (κ1) is 14.0. The van der Waals surface area contributed by atoms with Crippen LogP contribution in [0.4, 0.5) is 5.69 Å². The number of nitro groups is 1. The summed E-state index contributed by atoms with van der Waals surface area (Å²) in [6.45, 7) is -0.110. The molecular weight excluding hydrogens is 292 g/mol. The van der Waals surface area contributed by atoms with Crippen LogP contribution < -0.4 is 0 Å². The van der Waals surface area contributed by atoms with E-state index in [0.29, 0.717) is 17.6 Å². The van der Waals surface area contributed by atoms with Gasteiger partial charge in [0.05, 0.1) is 4.92 Å². The van der Waals surface area contributed by atoms with Crippen LogP contribution in [0.3, 0.4) is 0 Å². The van der Waals surface area contributed by atoms with Gasteiger partial charge in [-0.15, -0.1) is 10.2 Å². The summed E-state index contributed by atoms with van der Waals surface area (Å²) in [6.07, 6.45) is 2.19. The van der Waals surface area contributed by atoms with Crippen molar-refractivity contribution in [3.05, 3.63) is 45.8 Å². The van der Waals surface area contributed by atoms with Crippen molar-refractivity contribution in [3.8, 4) is 0 Å². The van der Waals surface area contributed by atoms with Gasteiger partial charge in [0.2, 0.25) is 0 Å². The van der Waals surface area contributed by atoms with Crippen molar-refractivity contribution in [2.75, 3.05) is 0 Å². The summed E-state index contributed by atoms with van der Waals surface area (Å²) in [5.74, 6) is 1.26. The van der Waals surface area contributed by atoms with E-state index in [0.717, 1.165) is 23.6 Å². The zero-order valence-corrected chi connectivity index (χ0v) is 12.0. The highest BCUT2D eigenvalue weighted by molar-refractivity contribution is 7.98. The second-order valence-corrected chi connectivity index (χ2v) is 5.81. The standard InChI is InChI=1S/C13H14N4O3S/c18-7-12-14-15-13(16(12)10-5-6-10)21-8-9-1-3-11(4-2-9)17(19)20/h1-4,10,18H,5-8H2. The average molecular weight is 306 g/mol. The van der Waals surface area contributed by atoms with E-state index in [1.165, 1.54) is 23.9 Å². The fourth-order valence-electron chi connectivity index (χ4n) is 2.07. The number of aromatic nitrogens is 3. The molecule has 2 aromatic rings. The molecule has 1 aromatic carbocycles. The Morgan fingerprint density at radius 3 is 2.62 bits per heavy atom. The molecule has 0 spiro atoms. The molecule has 0 radical (unpaired) electrons. The second kappa shape index (κ2) is 5.82. The third kappa shape index (κ3) is 3.06. The van der Waals surface area contributed by atoms with Crippen LogP contribution in [0.15, 0.2) is 29.4 Å². The van der Waals surface area contributed by atoms with E-state index in [1.807, 2.05) is 4.57 Å². The highest BCUT2D eigenvalue weighted by Crippen LogP contribution is 2.39. The molecule has 0 bridgehead atoms. The van der Waals surface area contributed by atoms with Gasteiger partial charge in [-0.2, -0.15) is 0 Å². The lowest BCUT2D eigenvalue weighted by molar-refractivity contribution is -0.384. The molecular formula is C13H14N4O3S. The maximum Gasteiger partial charge on any atom is 0.269 e. The fraction of sp³-hybridized carbons (Fsp3) is 0.385. The van der Waals surface area contributed by atoms with E-state index in [2.05, 4.69) is 10.2 Å². The summed E-state index contributed by atoms with van der Waals surface area (Å²) in [5, 5.41) is 28.8. The number of hydrogen-bond acceptors (Lipinski definition) is 6. The molecule has 110 valence electrons. The van der Waals surface area contributed by atoms with Gasteiger partial charge in [0.1, 0.15) is 6.61 Å². The molecule has 1 heterocycles. The summed E-state index contributed by atoms with van der Waals surface area (Å²) in [7, 11) is 0. The van der Waals surface area contributed by atoms with Crippen molar-refractivity contribution in [3.63, 3.8) is 0 Å². The Labute approximate surface area is 125 Å². The van der Waals surface area contributed by atoms with Gasteiger partial charge in [-0.25, -0.2) is 0 Å². The van der Waals surface area contributed by atoms with Crippen LogP contribution in [-0.4, -0.2) is 24.8 Å². The fourth-order valence-corrected chi connectivity index (χ4v) is 3.06. The van der Waals surface area contributed by atoms with Crippen molar-refractivity contribution in [1.82, 2.24) is 14.8 Å². The molecule has 0 amide bonds. The Balaban J connectivity index is 1.70. The van der Waals surface area contributed by atoms with E-state index >= 15 is 0 Å². The van der Waals surface area contributed by atoms with Gasteiger partial charge in [-0.1, -0.05) is 23.9 Å². The van der Waals surface area contributed by atoms with Gasteiger partial charge in [-0.05, 0) is 18.4 Å². The highest BCUT2D eigenvalue weighted by atomic mass is 32.2. The lowest BCUT2D eigenvalue weighted by atomic mass is 10.2. The van der Waals surface area contributed by atoms with Crippen molar-refractivity contribution in [1.29, 1.82) is 0 Å². The molecule has 1 fully saturated rings. The van der Waals surface area contributed by atoms with Crippen LogP contribution in [0.2, 0.25) is 0 Å². The number of hydrogen-bond donors (Lipinski definition) is 1. The maximum absolute atomic E-state index is 10.6. The minimum atomic E-state index is -0.409. The Bertz CT molecular complexity index is 652. The number of benzene rings is 1. The molecule has 7 nitrogen and oxygen atoms in total. The van der Waals surface area contributed by atoms with E-state index in [9.17, 15) is 15.2 Å². The average Bonchev–Trinajstić information content (AvgIpc) is 3.25. The van der Waals surface area contributed by atoms with Crippen LogP contribution in [0, 0.1) is 10.1 Å². The van der Waals surface area contributed by atoms with Crippen LogP contribution in [0.1, 0.15) is 30.3 Å². The summed E-state index contributed by atoms with van der Waals surface area (Å²) in [6, 6.07) is 6.90. The van der Waals surface area contributed by atoms with Gasteiger partial charge in [-0.3, -0.25) is 10.1 Å². The van der Waals surface area contributed by atoms with Crippen molar-refractivity contribution < 1.29 is 10.0 Å². The summed E-state index contributed by atoms with van der Waals surface area (Å²) in [5.41, 5.74) is 1.08. The van der Waals surface area contributed by atoms with E-state index in [1.54, 1.807) is 12.1 Å². The molecule has 1 aliphatic rings. The number of aliphatic hydroxyl groups excluding tert-OH is 1. The first-order valence-electron chi connectivity index (χ1n) is 6.60. The van der Waals surface area contributed by atoms with Crippen LogP contribution in [0.5, 0.6) is 0 Å². The molecule has 8 heteroatoms. The molecule has 1 aliphatic carbocycles. The lowest BCUT2D eigenvalue weighted by Crippen LogP contribution is -2.02. The van der Waals surface area contributed by atoms with Gasteiger partial charge in [0.25, 0.3) is 5.69 Å². The Morgan fingerprint density at radius 2 is 2.05 bits per heavy atom. The first-order chi connectivity index (χ1) is 10.2. The molecule has 0 aliphatic heterocycles. The largest absolute Gasteiger partial charge is 0.388 e. The third-order valence-electron chi connectivity index (χ3n) is 3.30. The van der Waals surface area contributed by atoms with Crippen molar-refractivity contribution in [2.24, 2.45) is 0 Å². The lowest BCUT2D eigenvalue weighted by Gasteiger charge is -2.07. The quantitative estimate of drug-likeness (QED) is 0.500. The predicted molar refractivity (Wildman–Crippen MR) is 76.9 cm³/mol. The Kier molecular flexibility index (Phi) is 3.89. The van der Waals surface area contributed by atoms with Gasteiger partial charge >= 0.3 is 0 Å². The Hall–Kier alpha value is -1.93. The number of thioether (sulfide) groups is 1. The zero-order valence-electron chi connectivity index (χ0n) is 11.2. The summed E-state index contributed by atoms with van der Waals surface area (Å²) in [4.78, 5) is 10.2. The third-order valence-corrected chi connectivity index (χ3v) is 4.32. The number of non-ortho nitro benzene ring substituents is 1. The van der Waals surface area contributed by atoms with Gasteiger partial charge in [0, 0.05) is 23.9 Å². The first-order valence-corrected chi connectivity index (χ1v) is 7.58. The Morgan fingerprint density at radius 1 is 1.33 bits per heavy atom. The van der Waals surface area contributed by atoms with Crippen molar-refractivity contribution >= 4 is 17.4 Å². The minimum Gasteiger partial charge on any atom is -0.388 e. The van der Waals surface area contributed by atoms with E-state index in [-0.39, 0.29) is 12.3 Å².